The number of methoxy groups -OCH3 is 1. The molecule has 1 saturated carbocycles. The van der Waals surface area contributed by atoms with E-state index in [9.17, 15) is 14.4 Å². The van der Waals surface area contributed by atoms with Crippen molar-refractivity contribution in [2.75, 3.05) is 7.11 Å². The van der Waals surface area contributed by atoms with Crippen molar-refractivity contribution in [2.24, 2.45) is 5.92 Å². The number of hydrogen-bond donors (Lipinski definition) is 3. The van der Waals surface area contributed by atoms with Crippen LogP contribution in [-0.4, -0.2) is 43.1 Å². The number of carbonyl (C=O) groups is 3. The maximum atomic E-state index is 12.4. The number of rotatable bonds is 5. The molecule has 126 valence electrons. The van der Waals surface area contributed by atoms with E-state index in [0.717, 1.165) is 25.7 Å². The van der Waals surface area contributed by atoms with Crippen LogP contribution in [0.1, 0.15) is 46.5 Å². The molecule has 0 radical (unpaired) electrons. The standard InChI is InChI=1S/C15H27N3O4/c1-9(2)13(18-15(21)22-4)14(20)17-12-8-6-5-7-11(12)16-10(3)19/h9,11-13H,5-8H2,1-4H3,(H,16,19)(H,17,20)(H,18,21)/t11-,12?,13?/m0/s1. The summed E-state index contributed by atoms with van der Waals surface area (Å²) in [5, 5.41) is 8.40. The maximum absolute atomic E-state index is 12.4. The molecule has 22 heavy (non-hydrogen) atoms. The lowest BCUT2D eigenvalue weighted by molar-refractivity contribution is -0.126. The van der Waals surface area contributed by atoms with E-state index in [-0.39, 0.29) is 29.8 Å². The van der Waals surface area contributed by atoms with Crippen LogP contribution in [0, 0.1) is 5.92 Å². The van der Waals surface area contributed by atoms with Crippen LogP contribution in [0.15, 0.2) is 0 Å². The molecule has 1 aliphatic carbocycles. The zero-order valence-electron chi connectivity index (χ0n) is 13.8. The van der Waals surface area contributed by atoms with Crippen molar-refractivity contribution in [3.63, 3.8) is 0 Å². The van der Waals surface area contributed by atoms with Crippen molar-refractivity contribution >= 4 is 17.9 Å². The molecular weight excluding hydrogens is 286 g/mol. The van der Waals surface area contributed by atoms with Crippen LogP contribution in [-0.2, 0) is 14.3 Å². The predicted molar refractivity (Wildman–Crippen MR) is 82.2 cm³/mol. The van der Waals surface area contributed by atoms with Crippen LogP contribution in [0.25, 0.3) is 0 Å². The lowest BCUT2D eigenvalue weighted by Gasteiger charge is -2.34. The van der Waals surface area contributed by atoms with E-state index in [1.54, 1.807) is 0 Å². The van der Waals surface area contributed by atoms with E-state index < -0.39 is 12.1 Å². The molecule has 0 aromatic rings. The normalized spacial score (nSPS) is 22.6. The van der Waals surface area contributed by atoms with Crippen LogP contribution in [0.2, 0.25) is 0 Å². The van der Waals surface area contributed by atoms with Crippen molar-refractivity contribution in [3.05, 3.63) is 0 Å². The Labute approximate surface area is 131 Å². The van der Waals surface area contributed by atoms with Gasteiger partial charge in [0.25, 0.3) is 0 Å². The van der Waals surface area contributed by atoms with Crippen molar-refractivity contribution in [1.29, 1.82) is 0 Å². The average molecular weight is 313 g/mol. The zero-order chi connectivity index (χ0) is 16.7. The number of amides is 3. The second-order valence-electron chi connectivity index (χ2n) is 6.06. The number of carbonyl (C=O) groups excluding carboxylic acids is 3. The summed E-state index contributed by atoms with van der Waals surface area (Å²) in [7, 11) is 1.26. The molecule has 3 atom stereocenters. The Kier molecular flexibility index (Phi) is 7.14. The first-order chi connectivity index (χ1) is 10.3. The zero-order valence-corrected chi connectivity index (χ0v) is 13.8. The molecule has 3 amide bonds. The third-order valence-corrected chi connectivity index (χ3v) is 3.89. The Balaban J connectivity index is 2.69. The molecule has 1 fully saturated rings. The molecule has 0 saturated heterocycles. The first-order valence-corrected chi connectivity index (χ1v) is 7.77. The van der Waals surface area contributed by atoms with Gasteiger partial charge in [-0.2, -0.15) is 0 Å². The van der Waals surface area contributed by atoms with Gasteiger partial charge in [-0.05, 0) is 18.8 Å². The average Bonchev–Trinajstić information content (AvgIpc) is 2.45. The first-order valence-electron chi connectivity index (χ1n) is 7.77. The Morgan fingerprint density at radius 1 is 1.05 bits per heavy atom. The SMILES string of the molecule is COC(=O)NC(C(=O)NC1CCCC[C@@H]1NC(C)=O)C(C)C. The Morgan fingerprint density at radius 2 is 1.59 bits per heavy atom. The molecule has 0 spiro atoms. The molecule has 1 rings (SSSR count). The summed E-state index contributed by atoms with van der Waals surface area (Å²) < 4.78 is 4.56. The number of hydrogen-bond acceptors (Lipinski definition) is 4. The van der Waals surface area contributed by atoms with E-state index >= 15 is 0 Å². The van der Waals surface area contributed by atoms with Gasteiger partial charge in [0, 0.05) is 19.0 Å². The molecule has 7 nitrogen and oxygen atoms in total. The van der Waals surface area contributed by atoms with Crippen molar-refractivity contribution in [2.45, 2.75) is 64.6 Å². The van der Waals surface area contributed by atoms with Crippen molar-refractivity contribution < 1.29 is 19.1 Å². The lowest BCUT2D eigenvalue weighted by Crippen LogP contribution is -2.58. The minimum absolute atomic E-state index is 0.0545. The summed E-state index contributed by atoms with van der Waals surface area (Å²) in [5.74, 6) is -0.413. The second kappa shape index (κ2) is 8.60. The quantitative estimate of drug-likeness (QED) is 0.703. The maximum Gasteiger partial charge on any atom is 0.407 e. The molecule has 0 bridgehead atoms. The van der Waals surface area contributed by atoms with Gasteiger partial charge >= 0.3 is 6.09 Å². The fraction of sp³-hybridized carbons (Fsp3) is 0.800. The highest BCUT2D eigenvalue weighted by Gasteiger charge is 2.31. The van der Waals surface area contributed by atoms with Gasteiger partial charge in [-0.3, -0.25) is 9.59 Å². The lowest BCUT2D eigenvalue weighted by atomic mass is 9.89. The smallest absolute Gasteiger partial charge is 0.407 e. The van der Waals surface area contributed by atoms with Crippen LogP contribution >= 0.6 is 0 Å². The second-order valence-corrected chi connectivity index (χ2v) is 6.06. The van der Waals surface area contributed by atoms with E-state index in [1.807, 2.05) is 13.8 Å². The first kappa shape index (κ1) is 18.3. The van der Waals surface area contributed by atoms with E-state index in [2.05, 4.69) is 20.7 Å². The summed E-state index contributed by atoms with van der Waals surface area (Å²) in [5.41, 5.74) is 0. The van der Waals surface area contributed by atoms with E-state index in [4.69, 9.17) is 0 Å². The van der Waals surface area contributed by atoms with Gasteiger partial charge in [0.15, 0.2) is 0 Å². The van der Waals surface area contributed by atoms with Crippen molar-refractivity contribution in [3.8, 4) is 0 Å². The third-order valence-electron chi connectivity index (χ3n) is 3.89. The van der Waals surface area contributed by atoms with E-state index in [0.29, 0.717) is 0 Å². The van der Waals surface area contributed by atoms with Gasteiger partial charge in [0.2, 0.25) is 11.8 Å². The summed E-state index contributed by atoms with van der Waals surface area (Å²) in [6.45, 7) is 5.18. The third kappa shape index (κ3) is 5.54. The van der Waals surface area contributed by atoms with Crippen molar-refractivity contribution in [1.82, 2.24) is 16.0 Å². The molecule has 2 unspecified atom stereocenters. The summed E-state index contributed by atoms with van der Waals surface area (Å²) >= 11 is 0. The van der Waals surface area contributed by atoms with Gasteiger partial charge in [-0.15, -0.1) is 0 Å². The molecule has 0 aromatic carbocycles. The van der Waals surface area contributed by atoms with Gasteiger partial charge in [-0.25, -0.2) is 4.79 Å². The fourth-order valence-corrected chi connectivity index (χ4v) is 2.73. The minimum atomic E-state index is -0.660. The molecule has 1 aliphatic rings. The highest BCUT2D eigenvalue weighted by molar-refractivity contribution is 5.86. The molecule has 0 heterocycles. The minimum Gasteiger partial charge on any atom is -0.453 e. The highest BCUT2D eigenvalue weighted by atomic mass is 16.5. The van der Waals surface area contributed by atoms with Gasteiger partial charge in [-0.1, -0.05) is 26.7 Å². The predicted octanol–water partition coefficient (Wildman–Crippen LogP) is 0.930. The fourth-order valence-electron chi connectivity index (χ4n) is 2.73. The summed E-state index contributed by atoms with van der Waals surface area (Å²) in [6, 6.07) is -0.820. The Hall–Kier alpha value is -1.79. The van der Waals surface area contributed by atoms with Crippen LogP contribution in [0.3, 0.4) is 0 Å². The Bertz CT molecular complexity index is 412. The van der Waals surface area contributed by atoms with Gasteiger partial charge in [0.1, 0.15) is 6.04 Å². The van der Waals surface area contributed by atoms with Crippen LogP contribution in [0.5, 0.6) is 0 Å². The molecule has 3 N–H and O–H groups in total. The van der Waals surface area contributed by atoms with Crippen LogP contribution < -0.4 is 16.0 Å². The van der Waals surface area contributed by atoms with Gasteiger partial charge < -0.3 is 20.7 Å². The molecule has 0 aromatic heterocycles. The van der Waals surface area contributed by atoms with E-state index in [1.165, 1.54) is 14.0 Å². The van der Waals surface area contributed by atoms with Gasteiger partial charge in [0.05, 0.1) is 7.11 Å². The number of nitrogens with one attached hydrogen (secondary N) is 3. The Morgan fingerprint density at radius 3 is 2.05 bits per heavy atom. The molecular formula is C15H27N3O4. The largest absolute Gasteiger partial charge is 0.453 e. The summed E-state index contributed by atoms with van der Waals surface area (Å²) in [4.78, 5) is 35.1. The number of alkyl carbamates (subject to hydrolysis) is 1. The summed E-state index contributed by atoms with van der Waals surface area (Å²) in [6.07, 6.45) is 3.08. The number of ether oxygens (including phenoxy) is 1. The topological polar surface area (TPSA) is 96.5 Å². The highest BCUT2D eigenvalue weighted by Crippen LogP contribution is 2.19. The molecule has 0 aliphatic heterocycles. The monoisotopic (exact) mass is 313 g/mol. The van der Waals surface area contributed by atoms with Crippen LogP contribution in [0.4, 0.5) is 4.79 Å². The molecule has 7 heteroatoms.